The topological polar surface area (TPSA) is 15.7 Å². The summed E-state index contributed by atoms with van der Waals surface area (Å²) in [7, 11) is 6.14. The molecule has 0 bridgehead atoms. The van der Waals surface area contributed by atoms with E-state index in [0.29, 0.717) is 5.41 Å². The van der Waals surface area contributed by atoms with Gasteiger partial charge >= 0.3 is 0 Å². The number of hydrogen-bond donors (Lipinski definition) is 0. The standard InChI is InChI=1S/C18H28N2O/c1-18(11-13-20(3)15-18)14-19(2)12-7-9-16-8-5-6-10-17(16)21-4/h5-10H,11-15H2,1-4H3/b9-7+. The summed E-state index contributed by atoms with van der Waals surface area (Å²) in [6.45, 7) is 6.94. The predicted molar refractivity (Wildman–Crippen MR) is 89.7 cm³/mol. The third kappa shape index (κ3) is 4.58. The van der Waals surface area contributed by atoms with Crippen LogP contribution in [-0.2, 0) is 0 Å². The van der Waals surface area contributed by atoms with Gasteiger partial charge in [0.15, 0.2) is 0 Å². The van der Waals surface area contributed by atoms with E-state index in [1.807, 2.05) is 18.2 Å². The summed E-state index contributed by atoms with van der Waals surface area (Å²) in [6, 6.07) is 8.13. The van der Waals surface area contributed by atoms with Crippen LogP contribution in [0.5, 0.6) is 5.75 Å². The second-order valence-corrected chi connectivity index (χ2v) is 6.64. The summed E-state index contributed by atoms with van der Waals surface area (Å²) < 4.78 is 5.37. The van der Waals surface area contributed by atoms with Gasteiger partial charge in [-0.1, -0.05) is 37.3 Å². The van der Waals surface area contributed by atoms with Crippen molar-refractivity contribution in [3.8, 4) is 5.75 Å². The Morgan fingerprint density at radius 2 is 2.14 bits per heavy atom. The largest absolute Gasteiger partial charge is 0.496 e. The maximum absolute atomic E-state index is 5.37. The lowest BCUT2D eigenvalue weighted by Gasteiger charge is -2.29. The minimum Gasteiger partial charge on any atom is -0.496 e. The van der Waals surface area contributed by atoms with Crippen molar-refractivity contribution in [2.24, 2.45) is 5.41 Å². The zero-order valence-electron chi connectivity index (χ0n) is 13.8. The number of likely N-dealkylation sites (N-methyl/N-ethyl adjacent to an activating group) is 1. The molecule has 116 valence electrons. The van der Waals surface area contributed by atoms with E-state index in [4.69, 9.17) is 4.74 Å². The Morgan fingerprint density at radius 3 is 2.81 bits per heavy atom. The van der Waals surface area contributed by atoms with E-state index in [0.717, 1.165) is 24.4 Å². The summed E-state index contributed by atoms with van der Waals surface area (Å²) in [5, 5.41) is 0. The molecule has 1 aliphatic heterocycles. The second kappa shape index (κ2) is 7.10. The molecule has 0 spiro atoms. The van der Waals surface area contributed by atoms with Crippen LogP contribution in [0, 0.1) is 5.41 Å². The van der Waals surface area contributed by atoms with Crippen molar-refractivity contribution in [2.45, 2.75) is 13.3 Å². The lowest BCUT2D eigenvalue weighted by Crippen LogP contribution is -2.35. The van der Waals surface area contributed by atoms with E-state index in [1.165, 1.54) is 19.5 Å². The molecule has 3 nitrogen and oxygen atoms in total. The summed E-state index contributed by atoms with van der Waals surface area (Å²) in [5.74, 6) is 0.931. The van der Waals surface area contributed by atoms with Crippen LogP contribution in [0.1, 0.15) is 18.9 Å². The van der Waals surface area contributed by atoms with Crippen molar-refractivity contribution >= 4 is 6.08 Å². The predicted octanol–water partition coefficient (Wildman–Crippen LogP) is 2.98. The van der Waals surface area contributed by atoms with E-state index in [9.17, 15) is 0 Å². The molecule has 1 aliphatic rings. The Bertz CT molecular complexity index is 486. The van der Waals surface area contributed by atoms with Crippen molar-refractivity contribution < 1.29 is 4.74 Å². The van der Waals surface area contributed by atoms with Gasteiger partial charge in [0.1, 0.15) is 5.75 Å². The van der Waals surface area contributed by atoms with Gasteiger partial charge in [-0.15, -0.1) is 0 Å². The SMILES string of the molecule is COc1ccccc1/C=C/CN(C)CC1(C)CCN(C)C1. The first kappa shape index (κ1) is 16.1. The number of likely N-dealkylation sites (tertiary alicyclic amines) is 1. The monoisotopic (exact) mass is 288 g/mol. The number of para-hydroxylation sites is 1. The smallest absolute Gasteiger partial charge is 0.126 e. The molecule has 1 saturated heterocycles. The lowest BCUT2D eigenvalue weighted by atomic mass is 9.89. The summed E-state index contributed by atoms with van der Waals surface area (Å²) in [4.78, 5) is 4.84. The van der Waals surface area contributed by atoms with Crippen LogP contribution < -0.4 is 4.74 Å². The van der Waals surface area contributed by atoms with Crippen LogP contribution in [0.2, 0.25) is 0 Å². The Morgan fingerprint density at radius 1 is 1.38 bits per heavy atom. The molecular weight excluding hydrogens is 260 g/mol. The number of nitrogens with zero attached hydrogens (tertiary/aromatic N) is 2. The first-order chi connectivity index (χ1) is 10.0. The Kier molecular flexibility index (Phi) is 5.43. The quantitative estimate of drug-likeness (QED) is 0.800. The molecule has 0 amide bonds. The minimum absolute atomic E-state index is 0.432. The number of ether oxygens (including phenoxy) is 1. The normalized spacial score (nSPS) is 23.3. The Balaban J connectivity index is 1.86. The van der Waals surface area contributed by atoms with Gasteiger partial charge in [-0.3, -0.25) is 0 Å². The first-order valence-electron chi connectivity index (χ1n) is 7.69. The van der Waals surface area contributed by atoms with Crippen molar-refractivity contribution in [2.75, 3.05) is 47.4 Å². The highest BCUT2D eigenvalue weighted by molar-refractivity contribution is 5.57. The van der Waals surface area contributed by atoms with Gasteiger partial charge in [0.2, 0.25) is 0 Å². The fourth-order valence-corrected chi connectivity index (χ4v) is 3.28. The third-order valence-electron chi connectivity index (χ3n) is 4.25. The lowest BCUT2D eigenvalue weighted by molar-refractivity contribution is 0.208. The van der Waals surface area contributed by atoms with E-state index in [-0.39, 0.29) is 0 Å². The molecule has 0 radical (unpaired) electrons. The minimum atomic E-state index is 0.432. The highest BCUT2D eigenvalue weighted by atomic mass is 16.5. The van der Waals surface area contributed by atoms with Gasteiger partial charge in [-0.2, -0.15) is 0 Å². The fraction of sp³-hybridized carbons (Fsp3) is 0.556. The molecule has 2 rings (SSSR count). The number of methoxy groups -OCH3 is 1. The average Bonchev–Trinajstić information content (AvgIpc) is 2.78. The summed E-state index contributed by atoms with van der Waals surface area (Å²) in [5.41, 5.74) is 1.57. The van der Waals surface area contributed by atoms with Crippen LogP contribution in [0.4, 0.5) is 0 Å². The first-order valence-corrected chi connectivity index (χ1v) is 7.69. The molecule has 0 N–H and O–H groups in total. The highest BCUT2D eigenvalue weighted by Crippen LogP contribution is 2.29. The molecular formula is C18H28N2O. The number of rotatable bonds is 6. The maximum Gasteiger partial charge on any atom is 0.126 e. The number of hydrogen-bond acceptors (Lipinski definition) is 3. The van der Waals surface area contributed by atoms with Gasteiger partial charge in [-0.05, 0) is 38.5 Å². The van der Waals surface area contributed by atoms with E-state index in [2.05, 4.69) is 49.0 Å². The van der Waals surface area contributed by atoms with Crippen LogP contribution in [0.3, 0.4) is 0 Å². The zero-order valence-corrected chi connectivity index (χ0v) is 13.8. The molecule has 1 atom stereocenters. The van der Waals surface area contributed by atoms with Crippen LogP contribution in [-0.4, -0.2) is 57.2 Å². The van der Waals surface area contributed by atoms with Gasteiger partial charge in [0.25, 0.3) is 0 Å². The Labute approximate surface area is 129 Å². The molecule has 1 aromatic rings. The van der Waals surface area contributed by atoms with Crippen LogP contribution in [0.25, 0.3) is 6.08 Å². The molecule has 1 heterocycles. The molecule has 0 aromatic heterocycles. The van der Waals surface area contributed by atoms with E-state index < -0.39 is 0 Å². The Hall–Kier alpha value is -1.32. The molecule has 1 unspecified atom stereocenters. The fourth-order valence-electron chi connectivity index (χ4n) is 3.28. The van der Waals surface area contributed by atoms with Crippen molar-refractivity contribution in [1.82, 2.24) is 9.80 Å². The molecule has 1 aromatic carbocycles. The summed E-state index contributed by atoms with van der Waals surface area (Å²) in [6.07, 6.45) is 5.67. The zero-order chi connectivity index (χ0) is 15.3. The molecule has 0 aliphatic carbocycles. The van der Waals surface area contributed by atoms with Gasteiger partial charge < -0.3 is 14.5 Å². The van der Waals surface area contributed by atoms with Crippen LogP contribution >= 0.6 is 0 Å². The molecule has 0 saturated carbocycles. The second-order valence-electron chi connectivity index (χ2n) is 6.64. The molecule has 1 fully saturated rings. The maximum atomic E-state index is 5.37. The molecule has 3 heteroatoms. The van der Waals surface area contributed by atoms with E-state index in [1.54, 1.807) is 7.11 Å². The van der Waals surface area contributed by atoms with Crippen molar-refractivity contribution in [3.63, 3.8) is 0 Å². The number of benzene rings is 1. The average molecular weight is 288 g/mol. The third-order valence-corrected chi connectivity index (χ3v) is 4.25. The summed E-state index contributed by atoms with van der Waals surface area (Å²) >= 11 is 0. The van der Waals surface area contributed by atoms with Gasteiger partial charge in [-0.25, -0.2) is 0 Å². The molecule has 21 heavy (non-hydrogen) atoms. The van der Waals surface area contributed by atoms with Gasteiger partial charge in [0, 0.05) is 25.2 Å². The van der Waals surface area contributed by atoms with Gasteiger partial charge in [0.05, 0.1) is 7.11 Å². The van der Waals surface area contributed by atoms with E-state index >= 15 is 0 Å². The van der Waals surface area contributed by atoms with Crippen molar-refractivity contribution in [3.05, 3.63) is 35.9 Å². The van der Waals surface area contributed by atoms with Crippen molar-refractivity contribution in [1.29, 1.82) is 0 Å². The highest BCUT2D eigenvalue weighted by Gasteiger charge is 2.32. The van der Waals surface area contributed by atoms with Crippen LogP contribution in [0.15, 0.2) is 30.3 Å².